The zero-order chi connectivity index (χ0) is 18.0. The first kappa shape index (κ1) is 17.6. The van der Waals surface area contributed by atoms with Gasteiger partial charge >= 0.3 is 0 Å². The number of nitrogens with zero attached hydrogens (tertiary/aromatic N) is 1. The van der Waals surface area contributed by atoms with E-state index in [0.717, 1.165) is 12.1 Å². The zero-order valence-corrected chi connectivity index (χ0v) is 14.7. The number of sulfone groups is 1. The molecule has 130 valence electrons. The van der Waals surface area contributed by atoms with Crippen LogP contribution in [-0.2, 0) is 9.84 Å². The summed E-state index contributed by atoms with van der Waals surface area (Å²) in [6.07, 6.45) is 0. The van der Waals surface area contributed by atoms with Gasteiger partial charge in [-0.2, -0.15) is 4.98 Å². The van der Waals surface area contributed by atoms with Gasteiger partial charge in [0.05, 0.1) is 4.90 Å². The number of thioether (sulfide) groups is 1. The van der Waals surface area contributed by atoms with Crippen LogP contribution in [0.15, 0.2) is 68.0 Å². The Morgan fingerprint density at radius 2 is 1.56 bits per heavy atom. The SMILES string of the molecule is CCSc1oc(-c2ccc(F)cc2)nc1S(=O)(=O)c1ccc(F)cc1. The molecule has 0 saturated carbocycles. The summed E-state index contributed by atoms with van der Waals surface area (Å²) in [5, 5.41) is -0.0866. The van der Waals surface area contributed by atoms with Crippen LogP contribution in [-0.4, -0.2) is 19.2 Å². The van der Waals surface area contributed by atoms with Crippen molar-refractivity contribution in [1.82, 2.24) is 4.98 Å². The lowest BCUT2D eigenvalue weighted by molar-refractivity contribution is 0.470. The molecule has 1 heterocycles. The molecule has 0 spiro atoms. The molecule has 0 N–H and O–H groups in total. The first-order valence-corrected chi connectivity index (χ1v) is 9.79. The summed E-state index contributed by atoms with van der Waals surface area (Å²) < 4.78 is 57.4. The third kappa shape index (κ3) is 3.59. The van der Waals surface area contributed by atoms with Crippen molar-refractivity contribution in [2.75, 3.05) is 5.75 Å². The number of hydrogen-bond donors (Lipinski definition) is 0. The molecule has 0 aliphatic carbocycles. The van der Waals surface area contributed by atoms with E-state index >= 15 is 0 Å². The predicted octanol–water partition coefficient (Wildman–Crippen LogP) is 4.56. The van der Waals surface area contributed by atoms with Gasteiger partial charge in [-0.1, -0.05) is 18.7 Å². The minimum atomic E-state index is -3.97. The molecule has 0 aliphatic heterocycles. The van der Waals surface area contributed by atoms with Crippen molar-refractivity contribution in [3.8, 4) is 11.5 Å². The average molecular weight is 381 g/mol. The van der Waals surface area contributed by atoms with E-state index in [1.165, 1.54) is 48.2 Å². The molecule has 4 nitrogen and oxygen atoms in total. The maximum Gasteiger partial charge on any atom is 0.228 e. The molecule has 3 aromatic rings. The molecule has 0 radical (unpaired) electrons. The number of hydrogen-bond acceptors (Lipinski definition) is 5. The molecule has 1 aromatic heterocycles. The summed E-state index contributed by atoms with van der Waals surface area (Å²) in [6.45, 7) is 1.85. The van der Waals surface area contributed by atoms with Gasteiger partial charge in [0.2, 0.25) is 25.8 Å². The van der Waals surface area contributed by atoms with Gasteiger partial charge in [-0.15, -0.1) is 0 Å². The monoisotopic (exact) mass is 381 g/mol. The highest BCUT2D eigenvalue weighted by Gasteiger charge is 2.28. The van der Waals surface area contributed by atoms with Crippen LogP contribution in [0.1, 0.15) is 6.92 Å². The molecule has 0 fully saturated rings. The first-order valence-electron chi connectivity index (χ1n) is 7.32. The molecule has 8 heteroatoms. The van der Waals surface area contributed by atoms with Gasteiger partial charge < -0.3 is 4.42 Å². The Labute approximate surface area is 147 Å². The van der Waals surface area contributed by atoms with E-state index in [9.17, 15) is 17.2 Å². The topological polar surface area (TPSA) is 60.2 Å². The smallest absolute Gasteiger partial charge is 0.228 e. The predicted molar refractivity (Wildman–Crippen MR) is 90.1 cm³/mol. The zero-order valence-electron chi connectivity index (χ0n) is 13.1. The maximum atomic E-state index is 13.1. The van der Waals surface area contributed by atoms with Crippen LogP contribution >= 0.6 is 11.8 Å². The number of rotatable bonds is 5. The van der Waals surface area contributed by atoms with E-state index in [0.29, 0.717) is 11.3 Å². The summed E-state index contributed by atoms with van der Waals surface area (Å²) >= 11 is 1.19. The Kier molecular flexibility index (Phi) is 4.91. The van der Waals surface area contributed by atoms with E-state index in [-0.39, 0.29) is 20.9 Å². The van der Waals surface area contributed by atoms with Gasteiger partial charge in [0.1, 0.15) is 11.6 Å². The van der Waals surface area contributed by atoms with Crippen molar-refractivity contribution >= 4 is 21.6 Å². The number of benzene rings is 2. The standard InChI is InChI=1S/C17H13F2NO3S2/c1-2-24-17-16(25(21,22)14-9-7-13(19)8-10-14)20-15(23-17)11-3-5-12(18)6-4-11/h3-10H,2H2,1H3. The molecule has 2 aromatic carbocycles. The fourth-order valence-electron chi connectivity index (χ4n) is 2.13. The van der Waals surface area contributed by atoms with Crippen LogP contribution in [0.25, 0.3) is 11.5 Å². The minimum absolute atomic E-state index is 0.0780. The Morgan fingerprint density at radius 3 is 2.12 bits per heavy atom. The Hall–Kier alpha value is -2.19. The Morgan fingerprint density at radius 1 is 1.00 bits per heavy atom. The molecular weight excluding hydrogens is 368 g/mol. The highest BCUT2D eigenvalue weighted by atomic mass is 32.2. The van der Waals surface area contributed by atoms with Crippen LogP contribution in [0.5, 0.6) is 0 Å². The quantitative estimate of drug-likeness (QED) is 0.479. The van der Waals surface area contributed by atoms with Gasteiger partial charge in [0.15, 0.2) is 0 Å². The van der Waals surface area contributed by atoms with Crippen molar-refractivity contribution in [2.45, 2.75) is 21.9 Å². The largest absolute Gasteiger partial charge is 0.428 e. The van der Waals surface area contributed by atoms with Crippen LogP contribution in [0.2, 0.25) is 0 Å². The van der Waals surface area contributed by atoms with Crippen LogP contribution in [0.4, 0.5) is 8.78 Å². The third-order valence-corrected chi connectivity index (χ3v) is 5.95. The first-order chi connectivity index (χ1) is 11.9. The molecule has 0 aliphatic rings. The second-order valence-corrected chi connectivity index (χ2v) is 8.11. The van der Waals surface area contributed by atoms with Crippen molar-refractivity contribution in [2.24, 2.45) is 0 Å². The fourth-order valence-corrected chi connectivity index (χ4v) is 4.38. The van der Waals surface area contributed by atoms with Gasteiger partial charge in [0, 0.05) is 5.56 Å². The van der Waals surface area contributed by atoms with Gasteiger partial charge in [-0.25, -0.2) is 17.2 Å². The lowest BCUT2D eigenvalue weighted by Crippen LogP contribution is -2.04. The average Bonchev–Trinajstić information content (AvgIpc) is 3.01. The van der Waals surface area contributed by atoms with Crippen LogP contribution in [0, 0.1) is 11.6 Å². The molecular formula is C17H13F2NO3S2. The highest BCUT2D eigenvalue weighted by molar-refractivity contribution is 8.00. The van der Waals surface area contributed by atoms with Gasteiger partial charge in [0.25, 0.3) is 0 Å². The lowest BCUT2D eigenvalue weighted by atomic mass is 10.2. The van der Waals surface area contributed by atoms with E-state index in [4.69, 9.17) is 4.42 Å². The minimum Gasteiger partial charge on any atom is -0.428 e. The Bertz CT molecular complexity index is 982. The summed E-state index contributed by atoms with van der Waals surface area (Å²) in [5.41, 5.74) is 0.458. The molecule has 25 heavy (non-hydrogen) atoms. The summed E-state index contributed by atoms with van der Waals surface area (Å²) in [7, 11) is -3.97. The van der Waals surface area contributed by atoms with Gasteiger partial charge in [-0.3, -0.25) is 0 Å². The van der Waals surface area contributed by atoms with E-state index in [2.05, 4.69) is 4.98 Å². The molecule has 0 atom stereocenters. The van der Waals surface area contributed by atoms with Crippen molar-refractivity contribution in [3.63, 3.8) is 0 Å². The molecule has 0 unspecified atom stereocenters. The number of aromatic nitrogens is 1. The molecule has 0 bridgehead atoms. The van der Waals surface area contributed by atoms with Crippen LogP contribution in [0.3, 0.4) is 0 Å². The molecule has 0 saturated heterocycles. The highest BCUT2D eigenvalue weighted by Crippen LogP contribution is 2.34. The van der Waals surface area contributed by atoms with Gasteiger partial charge in [-0.05, 0) is 54.3 Å². The summed E-state index contributed by atoms with van der Waals surface area (Å²) in [4.78, 5) is 4.03. The maximum absolute atomic E-state index is 13.1. The Balaban J connectivity index is 2.11. The van der Waals surface area contributed by atoms with E-state index in [1.54, 1.807) is 0 Å². The van der Waals surface area contributed by atoms with E-state index in [1.807, 2.05) is 6.92 Å². The van der Waals surface area contributed by atoms with Crippen molar-refractivity contribution < 1.29 is 21.6 Å². The summed E-state index contributed by atoms with van der Waals surface area (Å²) in [6, 6.07) is 9.88. The van der Waals surface area contributed by atoms with Crippen molar-refractivity contribution in [3.05, 3.63) is 60.2 Å². The third-order valence-electron chi connectivity index (χ3n) is 3.31. The van der Waals surface area contributed by atoms with E-state index < -0.39 is 21.5 Å². The normalized spacial score (nSPS) is 11.6. The second kappa shape index (κ2) is 6.97. The fraction of sp³-hybridized carbons (Fsp3) is 0.118. The number of oxazole rings is 1. The lowest BCUT2D eigenvalue weighted by Gasteiger charge is -2.02. The second-order valence-electron chi connectivity index (χ2n) is 5.01. The summed E-state index contributed by atoms with van der Waals surface area (Å²) in [5.74, 6) is -0.298. The molecule has 3 rings (SSSR count). The van der Waals surface area contributed by atoms with Crippen molar-refractivity contribution in [1.29, 1.82) is 0 Å². The van der Waals surface area contributed by atoms with Crippen LogP contribution < -0.4 is 0 Å². The molecule has 0 amide bonds. The number of halogens is 2.